The van der Waals surface area contributed by atoms with Crippen molar-refractivity contribution in [1.82, 2.24) is 35.5 Å². The average molecular weight is 401 g/mol. The number of aromatic amines is 2. The molecule has 1 saturated heterocycles. The molecule has 0 spiro atoms. The second-order valence-electron chi connectivity index (χ2n) is 7.38. The lowest BCUT2D eigenvalue weighted by atomic mass is 9.94. The van der Waals surface area contributed by atoms with Gasteiger partial charge in [0.25, 0.3) is 0 Å². The molecular weight excluding hydrogens is 382 g/mol. The number of hydrogen-bond donors (Lipinski definition) is 3. The normalized spacial score (nSPS) is 15.4. The molecule has 0 radical (unpaired) electrons. The van der Waals surface area contributed by atoms with Crippen LogP contribution in [0.2, 0.25) is 0 Å². The van der Waals surface area contributed by atoms with E-state index in [1.54, 1.807) is 11.3 Å². The van der Waals surface area contributed by atoms with Crippen molar-refractivity contribution in [3.63, 3.8) is 0 Å². The average Bonchev–Trinajstić information content (AvgIpc) is 3.52. The Balaban J connectivity index is 1.48. The lowest BCUT2D eigenvalue weighted by Crippen LogP contribution is -2.27. The maximum Gasteiger partial charge on any atom is 0.161 e. The van der Waals surface area contributed by atoms with Gasteiger partial charge in [0.2, 0.25) is 0 Å². The van der Waals surface area contributed by atoms with Crippen LogP contribution in [0.15, 0.2) is 41.2 Å². The number of nitrogens with one attached hydrogen (secondary N) is 3. The number of thiophene rings is 1. The van der Waals surface area contributed by atoms with Gasteiger partial charge in [-0.25, -0.2) is 9.97 Å². The van der Waals surface area contributed by atoms with Crippen LogP contribution < -0.4 is 5.32 Å². The van der Waals surface area contributed by atoms with Crippen LogP contribution in [0.1, 0.15) is 24.5 Å². The Morgan fingerprint density at radius 2 is 1.83 bits per heavy atom. The predicted octanol–water partition coefficient (Wildman–Crippen LogP) is 4.09. The van der Waals surface area contributed by atoms with Crippen LogP contribution >= 0.6 is 11.3 Å². The van der Waals surface area contributed by atoms with E-state index in [1.165, 1.54) is 0 Å². The molecule has 6 rings (SSSR count). The molecule has 5 aromatic heterocycles. The molecule has 5 aromatic rings. The molecule has 1 fully saturated rings. The van der Waals surface area contributed by atoms with Crippen molar-refractivity contribution in [3.8, 4) is 22.8 Å². The van der Waals surface area contributed by atoms with Gasteiger partial charge < -0.3 is 10.3 Å². The van der Waals surface area contributed by atoms with E-state index in [0.29, 0.717) is 11.7 Å². The Morgan fingerprint density at radius 3 is 2.69 bits per heavy atom. The number of hydrogen-bond acceptors (Lipinski definition) is 6. The zero-order chi connectivity index (χ0) is 19.2. The van der Waals surface area contributed by atoms with Crippen LogP contribution in [0, 0.1) is 0 Å². The summed E-state index contributed by atoms with van der Waals surface area (Å²) < 4.78 is 0. The van der Waals surface area contributed by atoms with Crippen LogP contribution in [0.5, 0.6) is 0 Å². The van der Waals surface area contributed by atoms with E-state index in [4.69, 9.17) is 9.97 Å². The summed E-state index contributed by atoms with van der Waals surface area (Å²) in [5.41, 5.74) is 7.45. The molecule has 0 unspecified atom stereocenters. The van der Waals surface area contributed by atoms with Gasteiger partial charge in [0.1, 0.15) is 11.0 Å². The third-order valence-corrected chi connectivity index (χ3v) is 6.29. The Hall–Kier alpha value is -3.10. The molecule has 0 amide bonds. The first-order valence-corrected chi connectivity index (χ1v) is 10.7. The smallest absolute Gasteiger partial charge is 0.161 e. The van der Waals surface area contributed by atoms with Gasteiger partial charge in [-0.05, 0) is 55.6 Å². The summed E-state index contributed by atoms with van der Waals surface area (Å²) >= 11 is 1.65. The highest BCUT2D eigenvalue weighted by molar-refractivity contribution is 7.08. The number of pyridine rings is 2. The summed E-state index contributed by atoms with van der Waals surface area (Å²) in [5.74, 6) is 1.21. The molecule has 0 bridgehead atoms. The van der Waals surface area contributed by atoms with Crippen molar-refractivity contribution >= 4 is 33.4 Å². The van der Waals surface area contributed by atoms with Crippen molar-refractivity contribution in [2.45, 2.75) is 18.8 Å². The van der Waals surface area contributed by atoms with Crippen molar-refractivity contribution in [2.75, 3.05) is 13.1 Å². The largest absolute Gasteiger partial charge is 0.336 e. The lowest BCUT2D eigenvalue weighted by Gasteiger charge is -2.22. The number of H-pyrrole nitrogens is 2. The number of nitrogens with zero attached hydrogens (tertiary/aromatic N) is 4. The van der Waals surface area contributed by atoms with Crippen LogP contribution in [-0.2, 0) is 0 Å². The van der Waals surface area contributed by atoms with E-state index < -0.39 is 0 Å². The number of fused-ring (bicyclic) bond motifs is 2. The van der Waals surface area contributed by atoms with Crippen molar-refractivity contribution in [3.05, 3.63) is 46.9 Å². The highest BCUT2D eigenvalue weighted by Gasteiger charge is 2.20. The van der Waals surface area contributed by atoms with Gasteiger partial charge in [0.05, 0.1) is 16.7 Å². The number of aromatic nitrogens is 6. The standard InChI is InChI=1S/C21H19N7S/c1-2-16-19(24-14(1)12-3-7-22-8-4-12)20(28-27-16)21-25-15-5-9-23-17(18(15)26-21)13-6-10-29-11-13/h1-2,5-6,9-12,22H,3-4,7-8H2,(H,25,26)(H,27,28). The molecule has 29 heavy (non-hydrogen) atoms. The van der Waals surface area contributed by atoms with E-state index in [9.17, 15) is 0 Å². The zero-order valence-electron chi connectivity index (χ0n) is 15.6. The minimum absolute atomic E-state index is 0.494. The fraction of sp³-hybridized carbons (Fsp3) is 0.238. The Labute approximate surface area is 170 Å². The van der Waals surface area contributed by atoms with E-state index in [2.05, 4.69) is 54.4 Å². The van der Waals surface area contributed by atoms with Gasteiger partial charge in [-0.1, -0.05) is 0 Å². The monoisotopic (exact) mass is 401 g/mol. The fourth-order valence-electron chi connectivity index (χ4n) is 4.08. The van der Waals surface area contributed by atoms with Gasteiger partial charge in [0, 0.05) is 28.8 Å². The molecule has 7 nitrogen and oxygen atoms in total. The summed E-state index contributed by atoms with van der Waals surface area (Å²) in [7, 11) is 0. The van der Waals surface area contributed by atoms with Crippen molar-refractivity contribution in [1.29, 1.82) is 0 Å². The highest BCUT2D eigenvalue weighted by Crippen LogP contribution is 2.31. The fourth-order valence-corrected chi connectivity index (χ4v) is 4.72. The predicted molar refractivity (Wildman–Crippen MR) is 115 cm³/mol. The molecule has 3 N–H and O–H groups in total. The SMILES string of the molecule is c1cc2[nH]c(-c3n[nH]c4ccc(C5CCNCC5)nc34)nc2c(-c2ccsc2)n1. The summed E-state index contributed by atoms with van der Waals surface area (Å²) in [5, 5.41) is 15.2. The maximum absolute atomic E-state index is 4.98. The van der Waals surface area contributed by atoms with Gasteiger partial charge in [-0.2, -0.15) is 16.4 Å². The summed E-state index contributed by atoms with van der Waals surface area (Å²) in [6.45, 7) is 2.09. The minimum Gasteiger partial charge on any atom is -0.336 e. The molecule has 0 aromatic carbocycles. The van der Waals surface area contributed by atoms with Crippen LogP contribution in [0.4, 0.5) is 0 Å². The van der Waals surface area contributed by atoms with Crippen LogP contribution in [0.25, 0.3) is 44.8 Å². The Morgan fingerprint density at radius 1 is 0.931 bits per heavy atom. The number of imidazole rings is 1. The second-order valence-corrected chi connectivity index (χ2v) is 8.16. The molecule has 8 heteroatoms. The lowest BCUT2D eigenvalue weighted by molar-refractivity contribution is 0.454. The summed E-state index contributed by atoms with van der Waals surface area (Å²) in [6.07, 6.45) is 4.05. The highest BCUT2D eigenvalue weighted by atomic mass is 32.1. The van der Waals surface area contributed by atoms with Crippen LogP contribution in [0.3, 0.4) is 0 Å². The molecule has 0 aliphatic carbocycles. The first-order chi connectivity index (χ1) is 14.4. The Bertz CT molecular complexity index is 1300. The molecule has 0 saturated carbocycles. The zero-order valence-corrected chi connectivity index (χ0v) is 16.5. The molecule has 6 heterocycles. The maximum atomic E-state index is 4.98. The second kappa shape index (κ2) is 6.75. The molecule has 0 atom stereocenters. The van der Waals surface area contributed by atoms with Crippen molar-refractivity contribution < 1.29 is 0 Å². The van der Waals surface area contributed by atoms with Gasteiger partial charge >= 0.3 is 0 Å². The third-order valence-electron chi connectivity index (χ3n) is 5.61. The van der Waals surface area contributed by atoms with Crippen molar-refractivity contribution in [2.24, 2.45) is 0 Å². The summed E-state index contributed by atoms with van der Waals surface area (Å²) in [4.78, 5) is 17.8. The molecule has 1 aliphatic rings. The third kappa shape index (κ3) is 2.83. The first kappa shape index (κ1) is 16.8. The molecule has 1 aliphatic heterocycles. The number of rotatable bonds is 3. The summed E-state index contributed by atoms with van der Waals surface area (Å²) in [6, 6.07) is 8.22. The van der Waals surface area contributed by atoms with Gasteiger partial charge in [-0.3, -0.25) is 10.1 Å². The van der Waals surface area contributed by atoms with E-state index >= 15 is 0 Å². The van der Waals surface area contributed by atoms with E-state index in [-0.39, 0.29) is 0 Å². The topological polar surface area (TPSA) is 95.2 Å². The minimum atomic E-state index is 0.494. The van der Waals surface area contributed by atoms with Gasteiger partial charge in [0.15, 0.2) is 11.5 Å². The number of piperidine rings is 1. The Kier molecular flexibility index (Phi) is 3.92. The quantitative estimate of drug-likeness (QED) is 0.423. The van der Waals surface area contributed by atoms with E-state index in [0.717, 1.165) is 70.6 Å². The first-order valence-electron chi connectivity index (χ1n) is 9.80. The molecular formula is C21H19N7S. The van der Waals surface area contributed by atoms with E-state index in [1.807, 2.05) is 12.3 Å². The van der Waals surface area contributed by atoms with Crippen LogP contribution in [-0.4, -0.2) is 43.2 Å². The molecule has 144 valence electrons. The van der Waals surface area contributed by atoms with Gasteiger partial charge in [-0.15, -0.1) is 0 Å².